The molecule has 0 radical (unpaired) electrons. The number of carbonyl (C=O) groups is 1. The highest BCUT2D eigenvalue weighted by Crippen LogP contribution is 2.47. The lowest BCUT2D eigenvalue weighted by Crippen LogP contribution is -2.22. The second kappa shape index (κ2) is 7.79. The number of carbonyl (C=O) groups excluding carboxylic acids is 1. The van der Waals surface area contributed by atoms with Crippen LogP contribution >= 0.6 is 11.3 Å². The molecule has 0 aliphatic carbocycles. The van der Waals surface area contributed by atoms with Crippen molar-refractivity contribution in [3.63, 3.8) is 0 Å². The van der Waals surface area contributed by atoms with Crippen molar-refractivity contribution in [1.29, 1.82) is 0 Å². The number of anilines is 1. The van der Waals surface area contributed by atoms with E-state index in [1.807, 2.05) is 36.4 Å². The molecule has 0 spiro atoms. The van der Waals surface area contributed by atoms with Gasteiger partial charge in [-0.25, -0.2) is 0 Å². The molecule has 1 amide bonds. The van der Waals surface area contributed by atoms with Gasteiger partial charge in [0.05, 0.1) is 12.8 Å². The predicted octanol–water partition coefficient (Wildman–Crippen LogP) is 4.91. The van der Waals surface area contributed by atoms with E-state index in [0.717, 1.165) is 27.3 Å². The van der Waals surface area contributed by atoms with Crippen LogP contribution in [0.15, 0.2) is 53.9 Å². The quantitative estimate of drug-likeness (QED) is 0.631. The van der Waals surface area contributed by atoms with Crippen LogP contribution in [0.4, 0.5) is 5.69 Å². The van der Waals surface area contributed by atoms with Gasteiger partial charge in [-0.2, -0.15) is 0 Å². The number of nitrogens with one attached hydrogen (secondary N) is 1. The fraction of sp³-hybridized carbons (Fsp3) is 0.174. The third kappa shape index (κ3) is 3.35. The smallest absolute Gasteiger partial charge is 0.225 e. The highest BCUT2D eigenvalue weighted by atomic mass is 32.1. The van der Waals surface area contributed by atoms with Gasteiger partial charge in [0.1, 0.15) is 6.61 Å². The van der Waals surface area contributed by atoms with Gasteiger partial charge >= 0.3 is 0 Å². The molecule has 4 rings (SSSR count). The number of fused-ring (bicyclic) bond motifs is 1. The van der Waals surface area contributed by atoms with Gasteiger partial charge in [-0.3, -0.25) is 4.79 Å². The fourth-order valence-corrected chi connectivity index (χ4v) is 4.63. The SMILES string of the molecule is C#CCOc1ccc(C2CC(=O)Nc3c(-c4ccccc4)csc32)cc1OC. The first-order valence-corrected chi connectivity index (χ1v) is 9.80. The van der Waals surface area contributed by atoms with Gasteiger partial charge in [-0.05, 0) is 23.3 Å². The molecule has 1 aliphatic rings. The van der Waals surface area contributed by atoms with E-state index in [1.54, 1.807) is 18.4 Å². The maximum Gasteiger partial charge on any atom is 0.225 e. The summed E-state index contributed by atoms with van der Waals surface area (Å²) in [6, 6.07) is 15.9. The Morgan fingerprint density at radius 1 is 1.21 bits per heavy atom. The maximum absolute atomic E-state index is 12.5. The lowest BCUT2D eigenvalue weighted by molar-refractivity contribution is -0.116. The zero-order chi connectivity index (χ0) is 19.5. The van der Waals surface area contributed by atoms with E-state index in [2.05, 4.69) is 28.8 Å². The maximum atomic E-state index is 12.5. The Morgan fingerprint density at radius 3 is 2.79 bits per heavy atom. The topological polar surface area (TPSA) is 47.6 Å². The minimum atomic E-state index is -0.0261. The van der Waals surface area contributed by atoms with Crippen molar-refractivity contribution >= 4 is 22.9 Å². The normalized spacial score (nSPS) is 15.3. The Hall–Kier alpha value is -3.23. The van der Waals surface area contributed by atoms with Gasteiger partial charge in [0, 0.05) is 28.2 Å². The summed E-state index contributed by atoms with van der Waals surface area (Å²) in [4.78, 5) is 13.6. The van der Waals surface area contributed by atoms with Crippen LogP contribution in [0.25, 0.3) is 11.1 Å². The number of ether oxygens (including phenoxy) is 2. The van der Waals surface area contributed by atoms with E-state index in [1.165, 1.54) is 0 Å². The largest absolute Gasteiger partial charge is 0.493 e. The molecule has 1 aromatic heterocycles. The van der Waals surface area contributed by atoms with Crippen molar-refractivity contribution in [3.8, 4) is 35.0 Å². The van der Waals surface area contributed by atoms with Gasteiger partial charge in [0.25, 0.3) is 0 Å². The Labute approximate surface area is 168 Å². The average molecular weight is 389 g/mol. The van der Waals surface area contributed by atoms with Crippen molar-refractivity contribution in [2.75, 3.05) is 19.0 Å². The zero-order valence-electron chi connectivity index (χ0n) is 15.4. The molecule has 0 saturated heterocycles. The lowest BCUT2D eigenvalue weighted by atomic mass is 9.89. The van der Waals surface area contributed by atoms with E-state index < -0.39 is 0 Å². The summed E-state index contributed by atoms with van der Waals surface area (Å²) >= 11 is 1.67. The summed E-state index contributed by atoms with van der Waals surface area (Å²) in [6.07, 6.45) is 5.67. The van der Waals surface area contributed by atoms with Gasteiger partial charge in [-0.1, -0.05) is 42.3 Å². The van der Waals surface area contributed by atoms with Gasteiger partial charge < -0.3 is 14.8 Å². The third-order valence-corrected chi connectivity index (χ3v) is 5.87. The molecule has 1 atom stereocenters. The van der Waals surface area contributed by atoms with Crippen LogP contribution in [0.3, 0.4) is 0 Å². The van der Waals surface area contributed by atoms with Crippen LogP contribution in [0.1, 0.15) is 22.8 Å². The van der Waals surface area contributed by atoms with Crippen molar-refractivity contribution in [1.82, 2.24) is 0 Å². The van der Waals surface area contributed by atoms with Crippen molar-refractivity contribution in [3.05, 3.63) is 64.4 Å². The summed E-state index contributed by atoms with van der Waals surface area (Å²) in [5.41, 5.74) is 4.07. The van der Waals surface area contributed by atoms with Gasteiger partial charge in [-0.15, -0.1) is 17.8 Å². The summed E-state index contributed by atoms with van der Waals surface area (Å²) in [5, 5.41) is 5.18. The molecule has 5 heteroatoms. The zero-order valence-corrected chi connectivity index (χ0v) is 16.2. The van der Waals surface area contributed by atoms with Crippen LogP contribution in [-0.4, -0.2) is 19.6 Å². The molecule has 4 nitrogen and oxygen atoms in total. The molecule has 28 heavy (non-hydrogen) atoms. The van der Waals surface area contributed by atoms with E-state index in [-0.39, 0.29) is 18.4 Å². The van der Waals surface area contributed by atoms with Crippen LogP contribution in [0, 0.1) is 12.3 Å². The fourth-order valence-electron chi connectivity index (χ4n) is 3.47. The summed E-state index contributed by atoms with van der Waals surface area (Å²) < 4.78 is 11.0. The van der Waals surface area contributed by atoms with Crippen LogP contribution in [0.5, 0.6) is 11.5 Å². The first-order chi connectivity index (χ1) is 13.7. The van der Waals surface area contributed by atoms with Gasteiger partial charge in [0.2, 0.25) is 5.91 Å². The number of rotatable bonds is 5. The molecule has 1 N–H and O–H groups in total. The van der Waals surface area contributed by atoms with Crippen molar-refractivity contribution < 1.29 is 14.3 Å². The molecule has 1 unspecified atom stereocenters. The summed E-state index contributed by atoms with van der Waals surface area (Å²) in [5.74, 6) is 3.65. The minimum absolute atomic E-state index is 0.0136. The molecule has 0 bridgehead atoms. The monoisotopic (exact) mass is 389 g/mol. The standard InChI is InChI=1S/C23H19NO3S/c1-3-11-27-19-10-9-16(12-20(19)26-2)17-13-21(25)24-22-18(14-28-23(17)22)15-7-5-4-6-8-15/h1,4-10,12,14,17H,11,13H2,2H3,(H,24,25). The number of thiophene rings is 1. The second-order valence-corrected chi connectivity index (χ2v) is 7.37. The van der Waals surface area contributed by atoms with E-state index >= 15 is 0 Å². The molecule has 0 fully saturated rings. The molecule has 0 saturated carbocycles. The van der Waals surface area contributed by atoms with Crippen molar-refractivity contribution in [2.45, 2.75) is 12.3 Å². The Kier molecular flexibility index (Phi) is 5.05. The lowest BCUT2D eigenvalue weighted by Gasteiger charge is -2.24. The molecule has 2 heterocycles. The molecule has 140 valence electrons. The number of methoxy groups -OCH3 is 1. The first-order valence-electron chi connectivity index (χ1n) is 8.92. The van der Waals surface area contributed by atoms with Crippen LogP contribution in [-0.2, 0) is 4.79 Å². The molecular weight excluding hydrogens is 370 g/mol. The Bertz CT molecular complexity index is 1050. The van der Waals surface area contributed by atoms with Crippen LogP contribution < -0.4 is 14.8 Å². The van der Waals surface area contributed by atoms with Crippen molar-refractivity contribution in [2.24, 2.45) is 0 Å². The Balaban J connectivity index is 1.74. The molecule has 1 aliphatic heterocycles. The number of hydrogen-bond donors (Lipinski definition) is 1. The summed E-state index contributed by atoms with van der Waals surface area (Å²) in [6.45, 7) is 0.178. The first kappa shape index (κ1) is 18.1. The number of terminal acetylenes is 1. The predicted molar refractivity (Wildman–Crippen MR) is 112 cm³/mol. The molecule has 2 aromatic carbocycles. The number of amides is 1. The Morgan fingerprint density at radius 2 is 2.04 bits per heavy atom. The highest BCUT2D eigenvalue weighted by molar-refractivity contribution is 7.11. The average Bonchev–Trinajstić information content (AvgIpc) is 3.16. The van der Waals surface area contributed by atoms with E-state index in [9.17, 15) is 4.79 Å². The summed E-state index contributed by atoms with van der Waals surface area (Å²) in [7, 11) is 1.60. The minimum Gasteiger partial charge on any atom is -0.493 e. The van der Waals surface area contributed by atoms with Crippen LogP contribution in [0.2, 0.25) is 0 Å². The van der Waals surface area contributed by atoms with E-state index in [0.29, 0.717) is 17.9 Å². The molecular formula is C23H19NO3S. The third-order valence-electron chi connectivity index (χ3n) is 4.78. The number of hydrogen-bond acceptors (Lipinski definition) is 4. The van der Waals surface area contributed by atoms with E-state index in [4.69, 9.17) is 15.9 Å². The van der Waals surface area contributed by atoms with Gasteiger partial charge in [0.15, 0.2) is 11.5 Å². The number of benzene rings is 2. The highest BCUT2D eigenvalue weighted by Gasteiger charge is 2.31. The second-order valence-electron chi connectivity index (χ2n) is 6.46. The molecule has 3 aromatic rings.